The number of benzene rings is 1. The molecule has 0 saturated carbocycles. The summed E-state index contributed by atoms with van der Waals surface area (Å²) >= 11 is 0. The maximum absolute atomic E-state index is 12.0. The van der Waals surface area contributed by atoms with Crippen LogP contribution in [0.3, 0.4) is 0 Å². The average Bonchev–Trinajstić information content (AvgIpc) is 2.15. The number of rotatable bonds is 2. The molecule has 0 radical (unpaired) electrons. The lowest BCUT2D eigenvalue weighted by atomic mass is 9.84. The largest absolute Gasteiger partial charge is 0.366 e. The number of hydrogen-bond acceptors (Lipinski definition) is 2. The summed E-state index contributed by atoms with van der Waals surface area (Å²) in [6, 6.07) is 6.62. The van der Waals surface area contributed by atoms with Gasteiger partial charge in [0.2, 0.25) is 5.91 Å². The minimum Gasteiger partial charge on any atom is -0.366 e. The normalized spacial score (nSPS) is 10.4. The second-order valence-corrected chi connectivity index (χ2v) is 4.49. The second kappa shape index (κ2) is 5.12. The first-order valence-electron chi connectivity index (χ1n) is 4.77. The highest BCUT2D eigenvalue weighted by Gasteiger charge is 2.25. The predicted molar refractivity (Wildman–Crippen MR) is 66.0 cm³/mol. The van der Waals surface area contributed by atoms with Gasteiger partial charge >= 0.3 is 0 Å². The molecule has 0 saturated heterocycles. The molecule has 1 rings (SSSR count). The SMILES string of the molecule is CC(C)(C)C(=O)c1ccccc1C(N)=O.Cl. The number of carbonyl (C=O) groups excluding carboxylic acids is 2. The first kappa shape index (κ1) is 14.6. The summed E-state index contributed by atoms with van der Waals surface area (Å²) < 4.78 is 0. The molecule has 0 atom stereocenters. The van der Waals surface area contributed by atoms with Crippen LogP contribution in [-0.4, -0.2) is 11.7 Å². The fraction of sp³-hybridized carbons (Fsp3) is 0.333. The molecule has 88 valence electrons. The Hall–Kier alpha value is -1.35. The average molecular weight is 242 g/mol. The number of halogens is 1. The van der Waals surface area contributed by atoms with Gasteiger partial charge in [-0.3, -0.25) is 9.59 Å². The van der Waals surface area contributed by atoms with Crippen LogP contribution in [0.5, 0.6) is 0 Å². The van der Waals surface area contributed by atoms with Gasteiger partial charge in [-0.1, -0.05) is 39.0 Å². The zero-order valence-corrected chi connectivity index (χ0v) is 10.4. The Bertz CT molecular complexity index is 408. The Morgan fingerprint density at radius 2 is 1.50 bits per heavy atom. The van der Waals surface area contributed by atoms with Crippen molar-refractivity contribution >= 4 is 24.1 Å². The summed E-state index contributed by atoms with van der Waals surface area (Å²) in [7, 11) is 0. The lowest BCUT2D eigenvalue weighted by molar-refractivity contribution is 0.0850. The molecule has 16 heavy (non-hydrogen) atoms. The van der Waals surface area contributed by atoms with Crippen LogP contribution in [0.25, 0.3) is 0 Å². The Morgan fingerprint density at radius 1 is 1.06 bits per heavy atom. The highest BCUT2D eigenvalue weighted by Crippen LogP contribution is 2.22. The standard InChI is InChI=1S/C12H15NO2.ClH/c1-12(2,3)10(14)8-6-4-5-7-9(8)11(13)15;/h4-7H,1-3H3,(H2,13,15);1H. The number of hydrogen-bond donors (Lipinski definition) is 1. The van der Waals surface area contributed by atoms with Crippen LogP contribution in [0.15, 0.2) is 24.3 Å². The lowest BCUT2D eigenvalue weighted by Gasteiger charge is -2.17. The van der Waals surface area contributed by atoms with Crippen molar-refractivity contribution < 1.29 is 9.59 Å². The van der Waals surface area contributed by atoms with E-state index in [9.17, 15) is 9.59 Å². The highest BCUT2D eigenvalue weighted by atomic mass is 35.5. The Morgan fingerprint density at radius 3 is 1.88 bits per heavy atom. The fourth-order valence-electron chi connectivity index (χ4n) is 1.30. The maximum atomic E-state index is 12.0. The molecule has 3 nitrogen and oxygen atoms in total. The van der Waals surface area contributed by atoms with Gasteiger partial charge in [0.05, 0.1) is 0 Å². The molecule has 1 aromatic rings. The zero-order valence-electron chi connectivity index (χ0n) is 9.61. The van der Waals surface area contributed by atoms with Crippen molar-refractivity contribution in [1.82, 2.24) is 0 Å². The smallest absolute Gasteiger partial charge is 0.249 e. The quantitative estimate of drug-likeness (QED) is 0.809. The zero-order chi connectivity index (χ0) is 11.6. The Balaban J connectivity index is 0.00000225. The van der Waals surface area contributed by atoms with Gasteiger partial charge in [0, 0.05) is 16.5 Å². The number of ketones is 1. The van der Waals surface area contributed by atoms with E-state index in [0.717, 1.165) is 0 Å². The number of Topliss-reactive ketones (excluding diaryl/α,β-unsaturated/α-hetero) is 1. The van der Waals surface area contributed by atoms with E-state index in [2.05, 4.69) is 0 Å². The summed E-state index contributed by atoms with van der Waals surface area (Å²) in [6.45, 7) is 5.44. The van der Waals surface area contributed by atoms with Crippen LogP contribution in [0.1, 0.15) is 41.5 Å². The van der Waals surface area contributed by atoms with Crippen LogP contribution in [0.2, 0.25) is 0 Å². The highest BCUT2D eigenvalue weighted by molar-refractivity contribution is 6.09. The molecular formula is C12H16ClNO2. The van der Waals surface area contributed by atoms with Crippen LogP contribution in [-0.2, 0) is 0 Å². The van der Waals surface area contributed by atoms with E-state index in [0.29, 0.717) is 5.56 Å². The fourth-order valence-corrected chi connectivity index (χ4v) is 1.30. The third-order valence-corrected chi connectivity index (χ3v) is 2.12. The number of nitrogens with two attached hydrogens (primary N) is 1. The molecule has 0 aromatic heterocycles. The molecule has 0 bridgehead atoms. The topological polar surface area (TPSA) is 60.2 Å². The monoisotopic (exact) mass is 241 g/mol. The van der Waals surface area contributed by atoms with E-state index >= 15 is 0 Å². The minimum absolute atomic E-state index is 0. The van der Waals surface area contributed by atoms with Crippen molar-refractivity contribution in [2.24, 2.45) is 11.1 Å². The molecule has 4 heteroatoms. The van der Waals surface area contributed by atoms with Gasteiger partial charge in [0.15, 0.2) is 5.78 Å². The van der Waals surface area contributed by atoms with Gasteiger partial charge in [0.1, 0.15) is 0 Å². The second-order valence-electron chi connectivity index (χ2n) is 4.49. The van der Waals surface area contributed by atoms with Crippen LogP contribution >= 0.6 is 12.4 Å². The minimum atomic E-state index is -0.566. The first-order valence-corrected chi connectivity index (χ1v) is 4.77. The third kappa shape index (κ3) is 3.07. The molecule has 1 aromatic carbocycles. The van der Waals surface area contributed by atoms with Gasteiger partial charge in [-0.25, -0.2) is 0 Å². The third-order valence-electron chi connectivity index (χ3n) is 2.12. The van der Waals surface area contributed by atoms with E-state index < -0.39 is 11.3 Å². The molecule has 0 aliphatic rings. The van der Waals surface area contributed by atoms with Gasteiger partial charge in [-0.05, 0) is 6.07 Å². The van der Waals surface area contributed by atoms with Crippen LogP contribution in [0.4, 0.5) is 0 Å². The van der Waals surface area contributed by atoms with E-state index in [1.807, 2.05) is 20.8 Å². The van der Waals surface area contributed by atoms with Gasteiger partial charge < -0.3 is 5.73 Å². The molecule has 0 aliphatic heterocycles. The van der Waals surface area contributed by atoms with E-state index in [1.165, 1.54) is 0 Å². The van der Waals surface area contributed by atoms with Crippen molar-refractivity contribution in [3.8, 4) is 0 Å². The van der Waals surface area contributed by atoms with Gasteiger partial charge in [-0.2, -0.15) is 0 Å². The molecule has 0 spiro atoms. The van der Waals surface area contributed by atoms with Crippen molar-refractivity contribution in [3.63, 3.8) is 0 Å². The summed E-state index contributed by atoms with van der Waals surface area (Å²) in [5, 5.41) is 0. The molecule has 0 heterocycles. The molecule has 0 aliphatic carbocycles. The molecule has 2 N–H and O–H groups in total. The van der Waals surface area contributed by atoms with E-state index in [1.54, 1.807) is 24.3 Å². The molecule has 0 unspecified atom stereocenters. The van der Waals surface area contributed by atoms with Crippen molar-refractivity contribution in [2.75, 3.05) is 0 Å². The van der Waals surface area contributed by atoms with Crippen LogP contribution in [0, 0.1) is 5.41 Å². The van der Waals surface area contributed by atoms with Crippen LogP contribution < -0.4 is 5.73 Å². The lowest BCUT2D eigenvalue weighted by Crippen LogP contribution is -2.24. The molecular weight excluding hydrogens is 226 g/mol. The van der Waals surface area contributed by atoms with E-state index in [4.69, 9.17) is 5.73 Å². The van der Waals surface area contributed by atoms with Crippen molar-refractivity contribution in [1.29, 1.82) is 0 Å². The van der Waals surface area contributed by atoms with Gasteiger partial charge in [0.25, 0.3) is 0 Å². The van der Waals surface area contributed by atoms with E-state index in [-0.39, 0.29) is 23.8 Å². The Labute approximate surface area is 101 Å². The van der Waals surface area contributed by atoms with Gasteiger partial charge in [-0.15, -0.1) is 12.4 Å². The summed E-state index contributed by atoms with van der Waals surface area (Å²) in [5.41, 5.74) is 5.39. The maximum Gasteiger partial charge on any atom is 0.249 e. The van der Waals surface area contributed by atoms with Crippen molar-refractivity contribution in [3.05, 3.63) is 35.4 Å². The summed E-state index contributed by atoms with van der Waals surface area (Å²) in [5.74, 6) is -0.639. The number of primary amides is 1. The predicted octanol–water partition coefficient (Wildman–Crippen LogP) is 2.44. The molecule has 0 fully saturated rings. The summed E-state index contributed by atoms with van der Waals surface area (Å²) in [6.07, 6.45) is 0. The number of amides is 1. The number of carbonyl (C=O) groups is 2. The van der Waals surface area contributed by atoms with Crippen molar-refractivity contribution in [2.45, 2.75) is 20.8 Å². The summed E-state index contributed by atoms with van der Waals surface area (Å²) in [4.78, 5) is 23.1. The Kier molecular flexibility index (Phi) is 4.69. The molecule has 1 amide bonds. The first-order chi connectivity index (χ1) is 6.84.